The third-order valence-corrected chi connectivity index (χ3v) is 4.12. The van der Waals surface area contributed by atoms with Crippen LogP contribution in [-0.4, -0.2) is 16.1 Å². The number of pyridine rings is 1. The fraction of sp³-hybridized carbons (Fsp3) is 0.222. The van der Waals surface area contributed by atoms with Crippen molar-refractivity contribution >= 4 is 11.5 Å². The summed E-state index contributed by atoms with van der Waals surface area (Å²) >= 11 is 0. The molecule has 0 radical (unpaired) electrons. The van der Waals surface area contributed by atoms with E-state index in [1.165, 1.54) is 22.3 Å². The number of benzene rings is 1. The number of hydrogen-bond acceptors (Lipinski definition) is 2. The Morgan fingerprint density at radius 1 is 1.29 bits per heavy atom. The van der Waals surface area contributed by atoms with Crippen LogP contribution in [0.2, 0.25) is 0 Å². The lowest BCUT2D eigenvalue weighted by molar-refractivity contribution is 0.0696. The lowest BCUT2D eigenvalue weighted by Gasteiger charge is -2.22. The van der Waals surface area contributed by atoms with Crippen LogP contribution in [0.4, 0.5) is 0 Å². The number of aryl methyl sites for hydroxylation is 1. The van der Waals surface area contributed by atoms with Gasteiger partial charge >= 0.3 is 5.97 Å². The molecule has 2 aromatic rings. The molecule has 1 aliphatic rings. The Bertz CT molecular complexity index is 717. The standard InChI is InChI=1S/C18H17NO2/c1-12-14(9-13-3-2-8-19-11-13)4-5-15-10-16(18(20)21)6-7-17(12)15/h2-3,6-8,10-11H,4-5,9H2,1H3,(H,20,21). The third kappa shape index (κ3) is 2.72. The topological polar surface area (TPSA) is 50.2 Å². The fourth-order valence-corrected chi connectivity index (χ4v) is 2.93. The molecule has 0 amide bonds. The number of allylic oxidation sites excluding steroid dienone is 2. The second-order valence-electron chi connectivity index (χ2n) is 5.44. The first-order valence-corrected chi connectivity index (χ1v) is 7.09. The Labute approximate surface area is 124 Å². The molecule has 21 heavy (non-hydrogen) atoms. The van der Waals surface area contributed by atoms with Gasteiger partial charge in [0.05, 0.1) is 5.56 Å². The number of fused-ring (bicyclic) bond motifs is 1. The highest BCUT2D eigenvalue weighted by atomic mass is 16.4. The van der Waals surface area contributed by atoms with E-state index in [4.69, 9.17) is 5.11 Å². The Morgan fingerprint density at radius 2 is 2.14 bits per heavy atom. The number of carboxylic acid groups (broad SMARTS) is 1. The van der Waals surface area contributed by atoms with E-state index in [2.05, 4.69) is 18.0 Å². The maximum atomic E-state index is 11.1. The molecule has 3 nitrogen and oxygen atoms in total. The van der Waals surface area contributed by atoms with Gasteiger partial charge in [0.2, 0.25) is 0 Å². The van der Waals surface area contributed by atoms with E-state index in [9.17, 15) is 4.79 Å². The number of carboxylic acids is 1. The molecule has 3 heteroatoms. The monoisotopic (exact) mass is 279 g/mol. The van der Waals surface area contributed by atoms with Gasteiger partial charge in [-0.2, -0.15) is 0 Å². The van der Waals surface area contributed by atoms with Gasteiger partial charge in [0.15, 0.2) is 0 Å². The Kier molecular flexibility index (Phi) is 3.57. The molecular formula is C18H17NO2. The van der Waals surface area contributed by atoms with Gasteiger partial charge in [-0.25, -0.2) is 4.79 Å². The van der Waals surface area contributed by atoms with E-state index in [0.717, 1.165) is 24.8 Å². The summed E-state index contributed by atoms with van der Waals surface area (Å²) in [6, 6.07) is 9.49. The van der Waals surface area contributed by atoms with Crippen molar-refractivity contribution in [3.8, 4) is 0 Å². The summed E-state index contributed by atoms with van der Waals surface area (Å²) in [5.74, 6) is -0.861. The third-order valence-electron chi connectivity index (χ3n) is 4.12. The van der Waals surface area contributed by atoms with Crippen LogP contribution in [0.3, 0.4) is 0 Å². The molecule has 1 aliphatic carbocycles. The van der Waals surface area contributed by atoms with Gasteiger partial charge in [0.1, 0.15) is 0 Å². The van der Waals surface area contributed by atoms with Gasteiger partial charge in [-0.1, -0.05) is 17.7 Å². The van der Waals surface area contributed by atoms with Crippen molar-refractivity contribution < 1.29 is 9.90 Å². The van der Waals surface area contributed by atoms with E-state index < -0.39 is 5.97 Å². The number of nitrogens with zero attached hydrogens (tertiary/aromatic N) is 1. The summed E-state index contributed by atoms with van der Waals surface area (Å²) in [6.07, 6.45) is 6.50. The van der Waals surface area contributed by atoms with Gasteiger partial charge in [-0.05, 0) is 66.6 Å². The summed E-state index contributed by atoms with van der Waals surface area (Å²) in [5, 5.41) is 9.08. The van der Waals surface area contributed by atoms with Gasteiger partial charge in [-0.15, -0.1) is 0 Å². The molecule has 0 saturated carbocycles. The molecule has 106 valence electrons. The van der Waals surface area contributed by atoms with Crippen LogP contribution in [0, 0.1) is 0 Å². The highest BCUT2D eigenvalue weighted by Crippen LogP contribution is 2.33. The van der Waals surface area contributed by atoms with Crippen LogP contribution >= 0.6 is 0 Å². The summed E-state index contributed by atoms with van der Waals surface area (Å²) < 4.78 is 0. The van der Waals surface area contributed by atoms with E-state index in [1.54, 1.807) is 12.3 Å². The van der Waals surface area contributed by atoms with Crippen LogP contribution in [0.15, 0.2) is 48.3 Å². The molecule has 0 saturated heterocycles. The van der Waals surface area contributed by atoms with Crippen LogP contribution in [0.1, 0.15) is 40.4 Å². The molecule has 0 spiro atoms. The van der Waals surface area contributed by atoms with E-state index in [1.807, 2.05) is 24.4 Å². The average molecular weight is 279 g/mol. The largest absolute Gasteiger partial charge is 0.478 e. The van der Waals surface area contributed by atoms with Crippen LogP contribution in [-0.2, 0) is 12.8 Å². The van der Waals surface area contributed by atoms with E-state index >= 15 is 0 Å². The SMILES string of the molecule is CC1=C(Cc2cccnc2)CCc2cc(C(=O)O)ccc21. The lowest BCUT2D eigenvalue weighted by atomic mass is 9.83. The minimum absolute atomic E-state index is 0.372. The smallest absolute Gasteiger partial charge is 0.335 e. The molecule has 1 N–H and O–H groups in total. The summed E-state index contributed by atoms with van der Waals surface area (Å²) in [5.41, 5.74) is 6.61. The fourth-order valence-electron chi connectivity index (χ4n) is 2.93. The molecule has 1 aromatic carbocycles. The first-order valence-electron chi connectivity index (χ1n) is 7.09. The number of aromatic nitrogens is 1. The molecule has 0 fully saturated rings. The Hall–Kier alpha value is -2.42. The highest BCUT2D eigenvalue weighted by molar-refractivity contribution is 5.89. The van der Waals surface area contributed by atoms with Gasteiger partial charge in [-0.3, -0.25) is 4.98 Å². The molecule has 3 rings (SSSR count). The normalized spacial score (nSPS) is 14.0. The highest BCUT2D eigenvalue weighted by Gasteiger charge is 2.17. The molecule has 1 aromatic heterocycles. The minimum Gasteiger partial charge on any atom is -0.478 e. The lowest BCUT2D eigenvalue weighted by Crippen LogP contribution is -2.08. The number of rotatable bonds is 3. The maximum absolute atomic E-state index is 11.1. The summed E-state index contributed by atoms with van der Waals surface area (Å²) in [4.78, 5) is 15.2. The van der Waals surface area contributed by atoms with Crippen molar-refractivity contribution in [1.29, 1.82) is 0 Å². The average Bonchev–Trinajstić information content (AvgIpc) is 2.51. The van der Waals surface area contributed by atoms with Crippen LogP contribution < -0.4 is 0 Å². The van der Waals surface area contributed by atoms with E-state index in [0.29, 0.717) is 5.56 Å². The number of carbonyl (C=O) groups is 1. The minimum atomic E-state index is -0.861. The van der Waals surface area contributed by atoms with Crippen molar-refractivity contribution in [2.45, 2.75) is 26.2 Å². The van der Waals surface area contributed by atoms with Crippen molar-refractivity contribution in [3.05, 3.63) is 70.6 Å². The molecule has 0 unspecified atom stereocenters. The van der Waals surface area contributed by atoms with Crippen LogP contribution in [0.5, 0.6) is 0 Å². The first kappa shape index (κ1) is 13.6. The van der Waals surface area contributed by atoms with Gasteiger partial charge < -0.3 is 5.11 Å². The van der Waals surface area contributed by atoms with Gasteiger partial charge in [0.25, 0.3) is 0 Å². The molecule has 0 bridgehead atoms. The predicted molar refractivity (Wildman–Crippen MR) is 82.3 cm³/mol. The van der Waals surface area contributed by atoms with Crippen molar-refractivity contribution in [1.82, 2.24) is 4.98 Å². The first-order chi connectivity index (χ1) is 10.1. The zero-order chi connectivity index (χ0) is 14.8. The van der Waals surface area contributed by atoms with Crippen molar-refractivity contribution in [3.63, 3.8) is 0 Å². The van der Waals surface area contributed by atoms with Gasteiger partial charge in [0, 0.05) is 12.4 Å². The summed E-state index contributed by atoms with van der Waals surface area (Å²) in [6.45, 7) is 2.13. The second-order valence-corrected chi connectivity index (χ2v) is 5.44. The van der Waals surface area contributed by atoms with Crippen molar-refractivity contribution in [2.24, 2.45) is 0 Å². The Balaban J connectivity index is 1.94. The van der Waals surface area contributed by atoms with E-state index in [-0.39, 0.29) is 0 Å². The predicted octanol–water partition coefficient (Wildman–Crippen LogP) is 3.74. The second kappa shape index (κ2) is 5.52. The quantitative estimate of drug-likeness (QED) is 0.931. The molecular weight excluding hydrogens is 262 g/mol. The zero-order valence-corrected chi connectivity index (χ0v) is 12.0. The molecule has 0 aliphatic heterocycles. The number of hydrogen-bond donors (Lipinski definition) is 1. The Morgan fingerprint density at radius 3 is 2.86 bits per heavy atom. The zero-order valence-electron chi connectivity index (χ0n) is 12.0. The number of aromatic carboxylic acids is 1. The molecule has 1 heterocycles. The van der Waals surface area contributed by atoms with Crippen LogP contribution in [0.25, 0.3) is 5.57 Å². The molecule has 0 atom stereocenters. The summed E-state index contributed by atoms with van der Waals surface area (Å²) in [7, 11) is 0. The maximum Gasteiger partial charge on any atom is 0.335 e. The van der Waals surface area contributed by atoms with Crippen molar-refractivity contribution in [2.75, 3.05) is 0 Å².